The van der Waals surface area contributed by atoms with Crippen LogP contribution in [0.2, 0.25) is 0 Å². The van der Waals surface area contributed by atoms with Crippen LogP contribution in [0.25, 0.3) is 0 Å². The standard InChI is InChI=1S/C20H26N2O/c1-23-20-16-22(14-18-10-6-3-7-11-18)15-19(20)21-13-12-17-8-4-2-5-9-17/h2-11,19-21H,12-16H2,1H3. The van der Waals surface area contributed by atoms with Crippen LogP contribution in [0.4, 0.5) is 0 Å². The lowest BCUT2D eigenvalue weighted by molar-refractivity contribution is 0.0895. The third-order valence-electron chi connectivity index (χ3n) is 4.56. The lowest BCUT2D eigenvalue weighted by Crippen LogP contribution is -2.41. The van der Waals surface area contributed by atoms with Gasteiger partial charge in [0.05, 0.1) is 6.10 Å². The Labute approximate surface area is 139 Å². The molecule has 0 aliphatic carbocycles. The van der Waals surface area contributed by atoms with Gasteiger partial charge in [0.25, 0.3) is 0 Å². The summed E-state index contributed by atoms with van der Waals surface area (Å²) in [6.07, 6.45) is 1.33. The molecule has 2 unspecified atom stereocenters. The highest BCUT2D eigenvalue weighted by Crippen LogP contribution is 2.16. The van der Waals surface area contributed by atoms with Crippen molar-refractivity contribution >= 4 is 0 Å². The second kappa shape index (κ2) is 8.25. The molecule has 23 heavy (non-hydrogen) atoms. The van der Waals surface area contributed by atoms with Gasteiger partial charge in [-0.2, -0.15) is 0 Å². The Hall–Kier alpha value is -1.68. The molecule has 1 aliphatic heterocycles. The Kier molecular flexibility index (Phi) is 5.81. The van der Waals surface area contributed by atoms with Gasteiger partial charge in [0.2, 0.25) is 0 Å². The van der Waals surface area contributed by atoms with Crippen molar-refractivity contribution < 1.29 is 4.74 Å². The molecule has 3 rings (SSSR count). The zero-order chi connectivity index (χ0) is 15.9. The Morgan fingerprint density at radius 2 is 1.61 bits per heavy atom. The van der Waals surface area contributed by atoms with Crippen molar-refractivity contribution in [2.24, 2.45) is 0 Å². The van der Waals surface area contributed by atoms with Gasteiger partial charge in [-0.15, -0.1) is 0 Å². The molecule has 0 spiro atoms. The Morgan fingerprint density at radius 1 is 0.957 bits per heavy atom. The molecule has 2 aromatic carbocycles. The van der Waals surface area contributed by atoms with Gasteiger partial charge < -0.3 is 10.1 Å². The normalized spacial score (nSPS) is 21.6. The molecule has 2 aromatic rings. The summed E-state index contributed by atoms with van der Waals surface area (Å²) in [4.78, 5) is 2.48. The fraction of sp³-hybridized carbons (Fsp3) is 0.400. The number of ether oxygens (including phenoxy) is 1. The van der Waals surface area contributed by atoms with Crippen LogP contribution in [0.1, 0.15) is 11.1 Å². The first-order valence-electron chi connectivity index (χ1n) is 8.41. The predicted octanol–water partition coefficient (Wildman–Crippen LogP) is 2.72. The topological polar surface area (TPSA) is 24.5 Å². The summed E-state index contributed by atoms with van der Waals surface area (Å²) in [6.45, 7) is 4.03. The van der Waals surface area contributed by atoms with Crippen LogP contribution in [0, 0.1) is 0 Å². The molecule has 0 radical (unpaired) electrons. The van der Waals surface area contributed by atoms with E-state index in [-0.39, 0.29) is 6.10 Å². The first-order chi connectivity index (χ1) is 11.3. The molecule has 3 nitrogen and oxygen atoms in total. The first kappa shape index (κ1) is 16.2. The van der Waals surface area contributed by atoms with Gasteiger partial charge >= 0.3 is 0 Å². The van der Waals surface area contributed by atoms with Crippen molar-refractivity contribution in [3.8, 4) is 0 Å². The van der Waals surface area contributed by atoms with Gasteiger partial charge in [0.15, 0.2) is 0 Å². The molecule has 0 saturated carbocycles. The SMILES string of the molecule is COC1CN(Cc2ccccc2)CC1NCCc1ccccc1. The minimum atomic E-state index is 0.273. The second-order valence-corrected chi connectivity index (χ2v) is 6.25. The fourth-order valence-electron chi connectivity index (χ4n) is 3.30. The highest BCUT2D eigenvalue weighted by molar-refractivity contribution is 5.16. The molecule has 1 aliphatic rings. The lowest BCUT2D eigenvalue weighted by atomic mass is 10.1. The van der Waals surface area contributed by atoms with E-state index in [0.29, 0.717) is 6.04 Å². The predicted molar refractivity (Wildman–Crippen MR) is 94.5 cm³/mol. The van der Waals surface area contributed by atoms with E-state index < -0.39 is 0 Å². The maximum atomic E-state index is 5.69. The van der Waals surface area contributed by atoms with Gasteiger partial charge in [-0.3, -0.25) is 4.90 Å². The van der Waals surface area contributed by atoms with Gasteiger partial charge in [0, 0.05) is 32.8 Å². The third kappa shape index (κ3) is 4.64. The van der Waals surface area contributed by atoms with E-state index in [1.54, 1.807) is 0 Å². The molecule has 1 saturated heterocycles. The van der Waals surface area contributed by atoms with Crippen molar-refractivity contribution in [2.45, 2.75) is 25.1 Å². The number of methoxy groups -OCH3 is 1. The maximum absolute atomic E-state index is 5.69. The third-order valence-corrected chi connectivity index (χ3v) is 4.56. The van der Waals surface area contributed by atoms with Crippen molar-refractivity contribution in [2.75, 3.05) is 26.7 Å². The number of rotatable bonds is 7. The number of likely N-dealkylation sites (tertiary alicyclic amines) is 1. The highest BCUT2D eigenvalue weighted by Gasteiger charge is 2.32. The van der Waals surface area contributed by atoms with Crippen LogP contribution < -0.4 is 5.32 Å². The lowest BCUT2D eigenvalue weighted by Gasteiger charge is -2.18. The minimum absolute atomic E-state index is 0.273. The first-order valence-corrected chi connectivity index (χ1v) is 8.41. The number of benzene rings is 2. The van der Waals surface area contributed by atoms with E-state index in [9.17, 15) is 0 Å². The summed E-state index contributed by atoms with van der Waals surface area (Å²) in [5.74, 6) is 0. The smallest absolute Gasteiger partial charge is 0.0863 e. The van der Waals surface area contributed by atoms with Crippen LogP contribution in [-0.2, 0) is 17.7 Å². The Balaban J connectivity index is 1.49. The zero-order valence-electron chi connectivity index (χ0n) is 13.8. The average Bonchev–Trinajstić information content (AvgIpc) is 2.98. The van der Waals surface area contributed by atoms with Crippen molar-refractivity contribution in [1.29, 1.82) is 0 Å². The van der Waals surface area contributed by atoms with E-state index in [1.165, 1.54) is 11.1 Å². The summed E-state index contributed by atoms with van der Waals surface area (Å²) >= 11 is 0. The number of hydrogen-bond acceptors (Lipinski definition) is 3. The fourth-order valence-corrected chi connectivity index (χ4v) is 3.30. The van der Waals surface area contributed by atoms with Crippen molar-refractivity contribution in [1.82, 2.24) is 10.2 Å². The van der Waals surface area contributed by atoms with Gasteiger partial charge in [-0.1, -0.05) is 60.7 Å². The monoisotopic (exact) mass is 310 g/mol. The second-order valence-electron chi connectivity index (χ2n) is 6.25. The number of hydrogen-bond donors (Lipinski definition) is 1. The number of nitrogens with zero attached hydrogens (tertiary/aromatic N) is 1. The summed E-state index contributed by atoms with van der Waals surface area (Å²) in [7, 11) is 1.82. The Bertz CT molecular complexity index is 573. The molecular weight excluding hydrogens is 284 g/mol. The van der Waals surface area contributed by atoms with E-state index in [0.717, 1.165) is 32.6 Å². The minimum Gasteiger partial charge on any atom is -0.378 e. The molecule has 3 heteroatoms. The van der Waals surface area contributed by atoms with Gasteiger partial charge in [0.1, 0.15) is 0 Å². The summed E-state index contributed by atoms with van der Waals surface area (Å²) in [5, 5.41) is 3.68. The van der Waals surface area contributed by atoms with E-state index in [1.807, 2.05) is 7.11 Å². The molecule has 122 valence electrons. The molecule has 1 heterocycles. The van der Waals surface area contributed by atoms with E-state index in [2.05, 4.69) is 70.9 Å². The van der Waals surface area contributed by atoms with E-state index in [4.69, 9.17) is 4.74 Å². The van der Waals surface area contributed by atoms with Crippen molar-refractivity contribution in [3.63, 3.8) is 0 Å². The summed E-state index contributed by atoms with van der Waals surface area (Å²) in [5.41, 5.74) is 2.75. The van der Waals surface area contributed by atoms with Crippen LogP contribution in [0.15, 0.2) is 60.7 Å². The van der Waals surface area contributed by atoms with Crippen LogP contribution in [0.3, 0.4) is 0 Å². The van der Waals surface area contributed by atoms with E-state index >= 15 is 0 Å². The molecular formula is C20H26N2O. The van der Waals surface area contributed by atoms with Gasteiger partial charge in [-0.25, -0.2) is 0 Å². The van der Waals surface area contributed by atoms with Crippen LogP contribution in [-0.4, -0.2) is 43.8 Å². The van der Waals surface area contributed by atoms with Crippen molar-refractivity contribution in [3.05, 3.63) is 71.8 Å². The molecule has 0 amide bonds. The quantitative estimate of drug-likeness (QED) is 0.851. The highest BCUT2D eigenvalue weighted by atomic mass is 16.5. The number of nitrogens with one attached hydrogen (secondary N) is 1. The van der Waals surface area contributed by atoms with Gasteiger partial charge in [-0.05, 0) is 24.1 Å². The molecule has 0 aromatic heterocycles. The molecule has 2 atom stereocenters. The van der Waals surface area contributed by atoms with Crippen LogP contribution in [0.5, 0.6) is 0 Å². The molecule has 0 bridgehead atoms. The zero-order valence-corrected chi connectivity index (χ0v) is 13.8. The summed E-state index contributed by atoms with van der Waals surface area (Å²) in [6, 6.07) is 21.7. The maximum Gasteiger partial charge on any atom is 0.0863 e. The average molecular weight is 310 g/mol. The van der Waals surface area contributed by atoms with Crippen LogP contribution >= 0.6 is 0 Å². The molecule has 1 N–H and O–H groups in total. The largest absolute Gasteiger partial charge is 0.378 e. The molecule has 1 fully saturated rings. The summed E-state index contributed by atoms with van der Waals surface area (Å²) < 4.78 is 5.69. The Morgan fingerprint density at radius 3 is 2.26 bits per heavy atom.